The van der Waals surface area contributed by atoms with Crippen LogP contribution in [-0.2, 0) is 19.6 Å². The number of methoxy groups -OCH3 is 2. The molecule has 0 spiro atoms. The van der Waals surface area contributed by atoms with Gasteiger partial charge >= 0.3 is 5.51 Å². The number of aryl methyl sites for hydroxylation is 1. The van der Waals surface area contributed by atoms with Gasteiger partial charge in [-0.3, -0.25) is 0 Å². The lowest BCUT2D eigenvalue weighted by Crippen LogP contribution is -2.17. The van der Waals surface area contributed by atoms with Crippen molar-refractivity contribution in [1.29, 1.82) is 0 Å². The summed E-state index contributed by atoms with van der Waals surface area (Å²) in [6.45, 7) is 3.56. The molecule has 0 aliphatic rings. The fraction of sp³-hybridized carbons (Fsp3) is 0.348. The molecule has 178 valence electrons. The molecule has 0 unspecified atom stereocenters. The van der Waals surface area contributed by atoms with Crippen LogP contribution in [0.2, 0.25) is 0 Å². The first kappa shape index (κ1) is 25.2. The number of aromatic nitrogens is 1. The largest absolute Gasteiger partial charge is 0.496 e. The molecule has 0 saturated carbocycles. The van der Waals surface area contributed by atoms with Gasteiger partial charge in [0.15, 0.2) is 0 Å². The van der Waals surface area contributed by atoms with Crippen molar-refractivity contribution in [1.82, 2.24) is 10.3 Å². The Hall–Kier alpha value is -2.43. The number of nitrogens with one attached hydrogen (secondary N) is 1. The van der Waals surface area contributed by atoms with Gasteiger partial charge in [0.1, 0.15) is 23.9 Å². The van der Waals surface area contributed by atoms with Gasteiger partial charge in [0.2, 0.25) is 0 Å². The molecule has 1 aromatic heterocycles. The molecule has 0 amide bonds. The van der Waals surface area contributed by atoms with Crippen molar-refractivity contribution in [2.24, 2.45) is 0 Å². The predicted octanol–water partition coefficient (Wildman–Crippen LogP) is 5.99. The van der Waals surface area contributed by atoms with E-state index in [2.05, 4.69) is 10.3 Å². The van der Waals surface area contributed by atoms with Crippen molar-refractivity contribution < 1.29 is 27.4 Å². The van der Waals surface area contributed by atoms with E-state index in [0.717, 1.165) is 29.1 Å². The lowest BCUT2D eigenvalue weighted by atomic mass is 10.1. The van der Waals surface area contributed by atoms with E-state index < -0.39 is 5.51 Å². The van der Waals surface area contributed by atoms with Gasteiger partial charge in [-0.2, -0.15) is 13.2 Å². The number of thiazole rings is 1. The summed E-state index contributed by atoms with van der Waals surface area (Å²) in [4.78, 5) is 5.70. The topological polar surface area (TPSA) is 52.6 Å². The fourth-order valence-corrected chi connectivity index (χ4v) is 4.42. The fourth-order valence-electron chi connectivity index (χ4n) is 3.10. The summed E-state index contributed by atoms with van der Waals surface area (Å²) in [6, 6.07) is 9.64. The van der Waals surface area contributed by atoms with E-state index in [-0.39, 0.29) is 23.3 Å². The maximum atomic E-state index is 12.5. The molecule has 10 heteroatoms. The molecule has 1 heterocycles. The van der Waals surface area contributed by atoms with Crippen LogP contribution < -0.4 is 19.5 Å². The Bertz CT molecular complexity index is 1020. The monoisotopic (exact) mass is 498 g/mol. The number of ether oxygens (including phenoxy) is 3. The van der Waals surface area contributed by atoms with Crippen molar-refractivity contribution in [3.8, 4) is 17.2 Å². The third-order valence-electron chi connectivity index (χ3n) is 4.63. The number of rotatable bonds is 11. The smallest absolute Gasteiger partial charge is 0.446 e. The molecule has 3 aromatic rings. The van der Waals surface area contributed by atoms with Crippen LogP contribution in [0.5, 0.6) is 17.2 Å². The summed E-state index contributed by atoms with van der Waals surface area (Å²) in [5, 5.41) is 4.48. The first-order valence-corrected chi connectivity index (χ1v) is 11.7. The van der Waals surface area contributed by atoms with Crippen LogP contribution in [0.25, 0.3) is 0 Å². The normalized spacial score (nSPS) is 11.5. The zero-order valence-electron chi connectivity index (χ0n) is 18.5. The van der Waals surface area contributed by atoms with Gasteiger partial charge in [0.25, 0.3) is 0 Å². The van der Waals surface area contributed by atoms with Gasteiger partial charge in [0.05, 0.1) is 24.8 Å². The zero-order chi connectivity index (χ0) is 23.8. The van der Waals surface area contributed by atoms with E-state index in [1.54, 1.807) is 49.8 Å². The van der Waals surface area contributed by atoms with Gasteiger partial charge in [-0.1, -0.05) is 12.1 Å². The van der Waals surface area contributed by atoms with Crippen LogP contribution in [0.15, 0.2) is 47.5 Å². The number of hydrogen-bond acceptors (Lipinski definition) is 7. The number of benzene rings is 2. The lowest BCUT2D eigenvalue weighted by molar-refractivity contribution is -0.0328. The average Bonchev–Trinajstić information content (AvgIpc) is 3.20. The predicted molar refractivity (Wildman–Crippen MR) is 124 cm³/mol. The summed E-state index contributed by atoms with van der Waals surface area (Å²) in [5.74, 6) is 1.79. The maximum Gasteiger partial charge on any atom is 0.446 e. The van der Waals surface area contributed by atoms with E-state index in [9.17, 15) is 13.2 Å². The van der Waals surface area contributed by atoms with E-state index >= 15 is 0 Å². The molecular weight excluding hydrogens is 473 g/mol. The molecule has 0 saturated heterocycles. The number of thioether (sulfide) groups is 1. The second-order valence-electron chi connectivity index (χ2n) is 7.08. The summed E-state index contributed by atoms with van der Waals surface area (Å²) in [7, 11) is 3.16. The minimum absolute atomic E-state index is 0.136. The SMILES string of the molecule is COc1cc(OCc2ccc(SC(F)(F)F)cc2)cc(OC)c1CNCCc1ncc(C)s1. The maximum absolute atomic E-state index is 12.5. The third kappa shape index (κ3) is 7.83. The van der Waals surface area contributed by atoms with Gasteiger partial charge in [-0.25, -0.2) is 4.98 Å². The average molecular weight is 499 g/mol. The molecule has 0 radical (unpaired) electrons. The first-order valence-electron chi connectivity index (χ1n) is 10.1. The summed E-state index contributed by atoms with van der Waals surface area (Å²) < 4.78 is 54.3. The Morgan fingerprint density at radius 1 is 1.06 bits per heavy atom. The Morgan fingerprint density at radius 3 is 2.27 bits per heavy atom. The van der Waals surface area contributed by atoms with Crippen molar-refractivity contribution >= 4 is 23.1 Å². The number of nitrogens with zero attached hydrogens (tertiary/aromatic N) is 1. The highest BCUT2D eigenvalue weighted by atomic mass is 32.2. The highest BCUT2D eigenvalue weighted by molar-refractivity contribution is 8.00. The molecule has 0 bridgehead atoms. The third-order valence-corrected chi connectivity index (χ3v) is 6.34. The molecule has 33 heavy (non-hydrogen) atoms. The van der Waals surface area contributed by atoms with Crippen LogP contribution in [-0.4, -0.2) is 31.3 Å². The molecule has 0 fully saturated rings. The van der Waals surface area contributed by atoms with E-state index in [4.69, 9.17) is 14.2 Å². The Balaban J connectivity index is 1.60. The van der Waals surface area contributed by atoms with Gasteiger partial charge < -0.3 is 19.5 Å². The van der Waals surface area contributed by atoms with Crippen molar-refractivity contribution in [3.63, 3.8) is 0 Å². The van der Waals surface area contributed by atoms with Crippen LogP contribution >= 0.6 is 23.1 Å². The van der Waals surface area contributed by atoms with Gasteiger partial charge in [-0.05, 0) is 36.4 Å². The van der Waals surface area contributed by atoms with Crippen LogP contribution in [0.4, 0.5) is 13.2 Å². The number of hydrogen-bond donors (Lipinski definition) is 1. The number of alkyl halides is 3. The molecule has 0 aliphatic carbocycles. The molecule has 3 rings (SSSR count). The van der Waals surface area contributed by atoms with E-state index in [1.165, 1.54) is 17.0 Å². The Labute approximate surface area is 199 Å². The van der Waals surface area contributed by atoms with Crippen molar-refractivity contribution in [3.05, 3.63) is 63.6 Å². The highest BCUT2D eigenvalue weighted by Gasteiger charge is 2.29. The minimum Gasteiger partial charge on any atom is -0.496 e. The lowest BCUT2D eigenvalue weighted by Gasteiger charge is -2.16. The van der Waals surface area contributed by atoms with Crippen LogP contribution in [0.1, 0.15) is 21.0 Å². The molecule has 5 nitrogen and oxygen atoms in total. The van der Waals surface area contributed by atoms with E-state index in [1.807, 2.05) is 13.1 Å². The van der Waals surface area contributed by atoms with Gasteiger partial charge in [-0.15, -0.1) is 11.3 Å². The summed E-state index contributed by atoms with van der Waals surface area (Å²) in [5.41, 5.74) is -2.68. The van der Waals surface area contributed by atoms with Crippen LogP contribution in [0.3, 0.4) is 0 Å². The van der Waals surface area contributed by atoms with E-state index in [0.29, 0.717) is 23.8 Å². The van der Waals surface area contributed by atoms with Crippen molar-refractivity contribution in [2.75, 3.05) is 20.8 Å². The summed E-state index contributed by atoms with van der Waals surface area (Å²) in [6.07, 6.45) is 2.71. The Kier molecular flexibility index (Phi) is 8.87. The molecule has 2 aromatic carbocycles. The van der Waals surface area contributed by atoms with Crippen LogP contribution in [0, 0.1) is 6.92 Å². The van der Waals surface area contributed by atoms with Crippen molar-refractivity contribution in [2.45, 2.75) is 36.9 Å². The number of halogens is 3. The molecular formula is C23H25F3N2O3S2. The molecule has 1 N–H and O–H groups in total. The second-order valence-corrected chi connectivity index (χ2v) is 9.54. The first-order chi connectivity index (χ1) is 15.8. The second kappa shape index (κ2) is 11.6. The zero-order valence-corrected chi connectivity index (χ0v) is 20.1. The Morgan fingerprint density at radius 2 is 1.73 bits per heavy atom. The quantitative estimate of drug-likeness (QED) is 0.259. The minimum atomic E-state index is -4.30. The molecule has 0 aliphatic heterocycles. The highest BCUT2D eigenvalue weighted by Crippen LogP contribution is 2.37. The summed E-state index contributed by atoms with van der Waals surface area (Å²) >= 11 is 1.55. The molecule has 0 atom stereocenters. The van der Waals surface area contributed by atoms with Gasteiger partial charge in [0, 0.05) is 47.6 Å². The standard InChI is InChI=1S/C23H25F3N2O3S2/c1-15-12-28-22(32-15)8-9-27-13-19-20(29-2)10-17(11-21(19)30-3)31-14-16-4-6-18(7-5-16)33-23(24,25)26/h4-7,10-12,27H,8-9,13-14H2,1-3H3.